The van der Waals surface area contributed by atoms with Crippen molar-refractivity contribution in [3.63, 3.8) is 0 Å². The summed E-state index contributed by atoms with van der Waals surface area (Å²) in [4.78, 5) is 4.46. The molecule has 0 bridgehead atoms. The van der Waals surface area contributed by atoms with Crippen LogP contribution in [-0.2, 0) is 6.42 Å². The van der Waals surface area contributed by atoms with Gasteiger partial charge in [-0.05, 0) is 36.2 Å². The van der Waals surface area contributed by atoms with Crippen molar-refractivity contribution < 1.29 is 4.74 Å². The highest BCUT2D eigenvalue weighted by Gasteiger charge is 2.05. The average molecular weight is 255 g/mol. The van der Waals surface area contributed by atoms with Crippen LogP contribution in [0.25, 0.3) is 10.2 Å². The number of para-hydroxylation sites is 1. The molecule has 0 radical (unpaired) electrons. The Hall–Kier alpha value is -1.87. The molecule has 1 heterocycles. The van der Waals surface area contributed by atoms with Crippen molar-refractivity contribution in [2.75, 3.05) is 0 Å². The van der Waals surface area contributed by atoms with E-state index in [2.05, 4.69) is 30.1 Å². The van der Waals surface area contributed by atoms with Crippen LogP contribution in [0.3, 0.4) is 0 Å². The van der Waals surface area contributed by atoms with Gasteiger partial charge in [-0.15, -0.1) is 0 Å². The molecule has 3 heteroatoms. The third kappa shape index (κ3) is 2.22. The topological polar surface area (TPSA) is 22.1 Å². The predicted octanol–water partition coefficient (Wildman–Crippen LogP) is 4.65. The lowest BCUT2D eigenvalue weighted by atomic mass is 10.2. The Morgan fingerprint density at radius 1 is 1.11 bits per heavy atom. The van der Waals surface area contributed by atoms with E-state index in [-0.39, 0.29) is 0 Å². The molecular weight excluding hydrogens is 242 g/mol. The second-order valence-corrected chi connectivity index (χ2v) is 5.04. The minimum Gasteiger partial charge on any atom is -0.431 e. The number of ether oxygens (including phenoxy) is 1. The molecule has 0 aliphatic carbocycles. The Kier molecular flexibility index (Phi) is 2.99. The van der Waals surface area contributed by atoms with Gasteiger partial charge < -0.3 is 4.74 Å². The van der Waals surface area contributed by atoms with Crippen molar-refractivity contribution in [2.45, 2.75) is 13.3 Å². The van der Waals surface area contributed by atoms with Gasteiger partial charge in [0.1, 0.15) is 5.75 Å². The second kappa shape index (κ2) is 4.78. The first kappa shape index (κ1) is 11.2. The molecule has 0 aliphatic heterocycles. The maximum absolute atomic E-state index is 5.81. The van der Waals surface area contributed by atoms with E-state index in [1.54, 1.807) is 11.3 Å². The summed E-state index contributed by atoms with van der Waals surface area (Å²) in [7, 11) is 0. The molecule has 0 atom stereocenters. The molecule has 0 saturated heterocycles. The van der Waals surface area contributed by atoms with Gasteiger partial charge in [-0.1, -0.05) is 42.5 Å². The summed E-state index contributed by atoms with van der Waals surface area (Å²) in [5.41, 5.74) is 2.26. The molecule has 0 fully saturated rings. The maximum atomic E-state index is 5.81. The molecule has 0 aliphatic rings. The molecule has 1 aromatic heterocycles. The van der Waals surface area contributed by atoms with Crippen molar-refractivity contribution in [1.82, 2.24) is 4.98 Å². The molecule has 0 unspecified atom stereocenters. The number of rotatable bonds is 3. The summed E-state index contributed by atoms with van der Waals surface area (Å²) in [5.74, 6) is 0.855. The van der Waals surface area contributed by atoms with E-state index in [1.807, 2.05) is 30.3 Å². The fourth-order valence-corrected chi connectivity index (χ4v) is 2.66. The lowest BCUT2D eigenvalue weighted by Crippen LogP contribution is -1.85. The van der Waals surface area contributed by atoms with Crippen LogP contribution in [0, 0.1) is 0 Å². The predicted molar refractivity (Wildman–Crippen MR) is 75.5 cm³/mol. The summed E-state index contributed by atoms with van der Waals surface area (Å²) in [6, 6.07) is 16.2. The van der Waals surface area contributed by atoms with Crippen LogP contribution in [0.15, 0.2) is 48.5 Å². The van der Waals surface area contributed by atoms with Gasteiger partial charge in [0.2, 0.25) is 0 Å². The van der Waals surface area contributed by atoms with Gasteiger partial charge >= 0.3 is 0 Å². The average Bonchev–Trinajstić information content (AvgIpc) is 2.81. The number of benzene rings is 2. The first-order valence-electron chi connectivity index (χ1n) is 5.97. The number of aromatic nitrogens is 1. The molecule has 2 nitrogen and oxygen atoms in total. The summed E-state index contributed by atoms with van der Waals surface area (Å²) >= 11 is 1.57. The summed E-state index contributed by atoms with van der Waals surface area (Å²) in [5, 5.41) is 0.699. The fraction of sp³-hybridized carbons (Fsp3) is 0.133. The Morgan fingerprint density at radius 2 is 2.00 bits per heavy atom. The smallest absolute Gasteiger partial charge is 0.279 e. The van der Waals surface area contributed by atoms with Crippen molar-refractivity contribution in [3.8, 4) is 10.9 Å². The second-order valence-electron chi connectivity index (χ2n) is 4.05. The minimum atomic E-state index is 0.699. The van der Waals surface area contributed by atoms with E-state index in [9.17, 15) is 0 Å². The number of aryl methyl sites for hydroxylation is 1. The third-order valence-electron chi connectivity index (χ3n) is 2.79. The molecule has 3 aromatic rings. The summed E-state index contributed by atoms with van der Waals surface area (Å²) < 4.78 is 6.97. The van der Waals surface area contributed by atoms with E-state index < -0.39 is 0 Å². The molecule has 3 rings (SSSR count). The highest BCUT2D eigenvalue weighted by molar-refractivity contribution is 7.20. The van der Waals surface area contributed by atoms with Crippen LogP contribution < -0.4 is 4.74 Å². The van der Waals surface area contributed by atoms with Crippen molar-refractivity contribution in [3.05, 3.63) is 54.1 Å². The molecule has 0 saturated carbocycles. The SMILES string of the molecule is CCc1cccc(Oc2nc3ccccc3s2)c1. The number of thiazole rings is 1. The zero-order valence-corrected chi connectivity index (χ0v) is 10.9. The molecule has 2 aromatic carbocycles. The Bertz CT molecular complexity index is 642. The Balaban J connectivity index is 1.91. The molecule has 0 spiro atoms. The number of hydrogen-bond donors (Lipinski definition) is 0. The van der Waals surface area contributed by atoms with E-state index in [1.165, 1.54) is 5.56 Å². The van der Waals surface area contributed by atoms with Crippen molar-refractivity contribution in [2.24, 2.45) is 0 Å². The van der Waals surface area contributed by atoms with Gasteiger partial charge in [-0.2, -0.15) is 0 Å². The Labute approximate surface area is 110 Å². The van der Waals surface area contributed by atoms with E-state index >= 15 is 0 Å². The van der Waals surface area contributed by atoms with Crippen LogP contribution in [-0.4, -0.2) is 4.98 Å². The summed E-state index contributed by atoms with van der Waals surface area (Å²) in [6.45, 7) is 2.14. The monoisotopic (exact) mass is 255 g/mol. The molecule has 0 N–H and O–H groups in total. The summed E-state index contributed by atoms with van der Waals surface area (Å²) in [6.07, 6.45) is 1.01. The molecular formula is C15H13NOS. The van der Waals surface area contributed by atoms with E-state index in [0.717, 1.165) is 22.4 Å². The van der Waals surface area contributed by atoms with Crippen LogP contribution >= 0.6 is 11.3 Å². The van der Waals surface area contributed by atoms with Gasteiger partial charge in [0.05, 0.1) is 10.2 Å². The van der Waals surface area contributed by atoms with Gasteiger partial charge in [-0.3, -0.25) is 0 Å². The standard InChI is InChI=1S/C15H13NOS/c1-2-11-6-5-7-12(10-11)17-15-16-13-8-3-4-9-14(13)18-15/h3-10H,2H2,1H3. The fourth-order valence-electron chi connectivity index (χ4n) is 1.82. The van der Waals surface area contributed by atoms with Crippen LogP contribution in [0.1, 0.15) is 12.5 Å². The lowest BCUT2D eigenvalue weighted by Gasteiger charge is -2.02. The zero-order valence-electron chi connectivity index (χ0n) is 10.1. The third-order valence-corrected chi connectivity index (χ3v) is 3.70. The molecule has 0 amide bonds. The van der Waals surface area contributed by atoms with Gasteiger partial charge in [-0.25, -0.2) is 4.98 Å². The maximum Gasteiger partial charge on any atom is 0.279 e. The number of fused-ring (bicyclic) bond motifs is 1. The van der Waals surface area contributed by atoms with Crippen molar-refractivity contribution >= 4 is 21.6 Å². The van der Waals surface area contributed by atoms with Crippen LogP contribution in [0.4, 0.5) is 0 Å². The first-order chi connectivity index (χ1) is 8.85. The molecule has 90 valence electrons. The van der Waals surface area contributed by atoms with E-state index in [0.29, 0.717) is 5.19 Å². The molecule has 18 heavy (non-hydrogen) atoms. The quantitative estimate of drug-likeness (QED) is 0.679. The first-order valence-corrected chi connectivity index (χ1v) is 6.79. The lowest BCUT2D eigenvalue weighted by molar-refractivity contribution is 0.479. The van der Waals surface area contributed by atoms with Crippen LogP contribution in [0.5, 0.6) is 10.9 Å². The highest BCUT2D eigenvalue weighted by atomic mass is 32.1. The number of hydrogen-bond acceptors (Lipinski definition) is 3. The van der Waals surface area contributed by atoms with E-state index in [4.69, 9.17) is 4.74 Å². The normalized spacial score (nSPS) is 10.7. The highest BCUT2D eigenvalue weighted by Crippen LogP contribution is 2.31. The largest absolute Gasteiger partial charge is 0.431 e. The van der Waals surface area contributed by atoms with Crippen molar-refractivity contribution in [1.29, 1.82) is 0 Å². The van der Waals surface area contributed by atoms with Gasteiger partial charge in [0, 0.05) is 0 Å². The van der Waals surface area contributed by atoms with Gasteiger partial charge in [0.25, 0.3) is 5.19 Å². The minimum absolute atomic E-state index is 0.699. The Morgan fingerprint density at radius 3 is 2.83 bits per heavy atom. The van der Waals surface area contributed by atoms with Crippen LogP contribution in [0.2, 0.25) is 0 Å². The number of nitrogens with zero attached hydrogens (tertiary/aromatic N) is 1. The zero-order chi connectivity index (χ0) is 12.4. The van der Waals surface area contributed by atoms with Gasteiger partial charge in [0.15, 0.2) is 0 Å².